The van der Waals surface area contributed by atoms with E-state index in [9.17, 15) is 13.6 Å². The summed E-state index contributed by atoms with van der Waals surface area (Å²) in [7, 11) is 0. The minimum Gasteiger partial charge on any atom is -0.345 e. The van der Waals surface area contributed by atoms with E-state index in [0.29, 0.717) is 37.6 Å². The van der Waals surface area contributed by atoms with Crippen molar-refractivity contribution in [2.75, 3.05) is 36.4 Å². The Hall–Kier alpha value is -2.78. The Labute approximate surface area is 187 Å². The summed E-state index contributed by atoms with van der Waals surface area (Å²) in [6, 6.07) is 10.2. The van der Waals surface area contributed by atoms with E-state index in [1.54, 1.807) is 17.0 Å². The molecule has 2 aromatic carbocycles. The predicted octanol–water partition coefficient (Wildman–Crippen LogP) is 4.80. The molecule has 6 nitrogen and oxygen atoms in total. The fourth-order valence-corrected chi connectivity index (χ4v) is 4.24. The predicted molar refractivity (Wildman–Crippen MR) is 118 cm³/mol. The average molecular weight is 464 g/mol. The summed E-state index contributed by atoms with van der Waals surface area (Å²) in [4.78, 5) is 21.1. The molecular weight excluding hydrogens is 444 g/mol. The first-order chi connectivity index (χ1) is 15.0. The molecule has 10 heteroatoms. The van der Waals surface area contributed by atoms with E-state index in [0.717, 1.165) is 23.7 Å². The largest absolute Gasteiger partial charge is 0.345 e. The molecule has 0 radical (unpaired) electrons. The summed E-state index contributed by atoms with van der Waals surface area (Å²) in [5.74, 6) is -0.101. The summed E-state index contributed by atoms with van der Waals surface area (Å²) in [5, 5.41) is 3.54. The Morgan fingerprint density at radius 1 is 1.10 bits per heavy atom. The molecule has 1 N–H and O–H groups in total. The van der Waals surface area contributed by atoms with Crippen molar-refractivity contribution in [1.82, 2.24) is 14.3 Å². The Balaban J connectivity index is 1.34. The van der Waals surface area contributed by atoms with Crippen LogP contribution in [0.4, 0.5) is 24.4 Å². The molecule has 0 saturated carbocycles. The van der Waals surface area contributed by atoms with Gasteiger partial charge in [0.2, 0.25) is 5.13 Å². The van der Waals surface area contributed by atoms with Crippen molar-refractivity contribution in [3.8, 4) is 0 Å². The van der Waals surface area contributed by atoms with Gasteiger partial charge in [-0.05, 0) is 42.3 Å². The lowest BCUT2D eigenvalue weighted by molar-refractivity contribution is 0.215. The van der Waals surface area contributed by atoms with Crippen LogP contribution in [0, 0.1) is 11.6 Å². The van der Waals surface area contributed by atoms with Crippen LogP contribution in [-0.2, 0) is 6.42 Å². The number of nitrogens with one attached hydrogen (secondary N) is 1. The molecule has 0 spiro atoms. The average Bonchev–Trinajstić information content (AvgIpc) is 3.07. The quantitative estimate of drug-likeness (QED) is 0.603. The number of benzene rings is 2. The van der Waals surface area contributed by atoms with Gasteiger partial charge in [-0.3, -0.25) is 0 Å². The fourth-order valence-electron chi connectivity index (χ4n) is 3.32. The zero-order valence-electron chi connectivity index (χ0n) is 16.5. The molecule has 162 valence electrons. The first-order valence-corrected chi connectivity index (χ1v) is 11.0. The third-order valence-electron chi connectivity index (χ3n) is 4.96. The molecule has 1 fully saturated rings. The molecule has 1 aliphatic rings. The zero-order valence-corrected chi connectivity index (χ0v) is 18.1. The van der Waals surface area contributed by atoms with Crippen molar-refractivity contribution >= 4 is 40.0 Å². The maximum Gasteiger partial charge on any atom is 0.321 e. The van der Waals surface area contributed by atoms with Gasteiger partial charge in [0.1, 0.15) is 17.5 Å². The number of amides is 2. The Bertz CT molecular complexity index is 1060. The minimum absolute atomic E-state index is 0.0347. The molecule has 0 aliphatic carbocycles. The van der Waals surface area contributed by atoms with E-state index in [1.807, 2.05) is 0 Å². The van der Waals surface area contributed by atoms with Crippen molar-refractivity contribution < 1.29 is 13.6 Å². The number of aromatic nitrogens is 2. The first-order valence-electron chi connectivity index (χ1n) is 9.81. The van der Waals surface area contributed by atoms with Gasteiger partial charge in [0.05, 0.1) is 5.02 Å². The molecule has 1 aliphatic heterocycles. The number of urea groups is 1. The van der Waals surface area contributed by atoms with Gasteiger partial charge in [-0.2, -0.15) is 4.37 Å². The number of nitrogens with zero attached hydrogens (tertiary/aromatic N) is 4. The molecule has 0 bridgehead atoms. The Morgan fingerprint density at radius 3 is 2.68 bits per heavy atom. The van der Waals surface area contributed by atoms with E-state index < -0.39 is 5.82 Å². The number of halogens is 3. The second-order valence-corrected chi connectivity index (χ2v) is 8.32. The van der Waals surface area contributed by atoms with Gasteiger partial charge in [0.15, 0.2) is 0 Å². The van der Waals surface area contributed by atoms with Gasteiger partial charge in [-0.25, -0.2) is 18.6 Å². The lowest BCUT2D eigenvalue weighted by Gasteiger charge is -2.22. The Kier molecular flexibility index (Phi) is 6.62. The van der Waals surface area contributed by atoms with Gasteiger partial charge >= 0.3 is 6.03 Å². The van der Waals surface area contributed by atoms with Crippen LogP contribution >= 0.6 is 23.1 Å². The van der Waals surface area contributed by atoms with Gasteiger partial charge in [-0.1, -0.05) is 23.7 Å². The lowest BCUT2D eigenvalue weighted by Crippen LogP contribution is -2.38. The molecule has 2 amide bonds. The summed E-state index contributed by atoms with van der Waals surface area (Å²) < 4.78 is 30.8. The van der Waals surface area contributed by atoms with E-state index in [2.05, 4.69) is 19.6 Å². The molecule has 31 heavy (non-hydrogen) atoms. The highest BCUT2D eigenvalue weighted by Gasteiger charge is 2.21. The van der Waals surface area contributed by atoms with E-state index in [1.165, 1.54) is 41.9 Å². The van der Waals surface area contributed by atoms with Crippen molar-refractivity contribution in [3.05, 3.63) is 70.5 Å². The number of hydrogen-bond acceptors (Lipinski definition) is 5. The molecule has 3 aromatic rings. The Morgan fingerprint density at radius 2 is 1.90 bits per heavy atom. The van der Waals surface area contributed by atoms with Crippen LogP contribution in [0.3, 0.4) is 0 Å². The molecule has 1 aromatic heterocycles. The second-order valence-electron chi connectivity index (χ2n) is 7.18. The number of hydrogen-bond donors (Lipinski definition) is 1. The monoisotopic (exact) mass is 463 g/mol. The highest BCUT2D eigenvalue weighted by Crippen LogP contribution is 2.22. The van der Waals surface area contributed by atoms with Gasteiger partial charge < -0.3 is 15.1 Å². The van der Waals surface area contributed by atoms with Crippen LogP contribution in [0.1, 0.15) is 17.8 Å². The normalized spacial score (nSPS) is 14.4. The standard InChI is InChI=1S/C21H20ClF2N5OS/c22-17-13-16(6-7-18(17)24)25-20(30)28-8-1-9-29(11-10-28)21-26-19(27-31-21)12-14-2-4-15(23)5-3-14/h2-7,13H,1,8-12H2,(H,25,30). The number of carbonyl (C=O) groups is 1. The zero-order chi connectivity index (χ0) is 21.8. The molecular formula is C21H20ClF2N5OS. The maximum absolute atomic E-state index is 13.3. The third kappa shape index (κ3) is 5.48. The summed E-state index contributed by atoms with van der Waals surface area (Å²) in [6.45, 7) is 2.51. The van der Waals surface area contributed by atoms with Crippen molar-refractivity contribution in [3.63, 3.8) is 0 Å². The smallest absolute Gasteiger partial charge is 0.321 e. The minimum atomic E-state index is -0.527. The van der Waals surface area contributed by atoms with E-state index in [4.69, 9.17) is 11.6 Å². The lowest BCUT2D eigenvalue weighted by atomic mass is 10.1. The fraction of sp³-hybridized carbons (Fsp3) is 0.286. The third-order valence-corrected chi connectivity index (χ3v) is 6.06. The van der Waals surface area contributed by atoms with E-state index >= 15 is 0 Å². The van der Waals surface area contributed by atoms with Crippen LogP contribution in [0.15, 0.2) is 42.5 Å². The van der Waals surface area contributed by atoms with Crippen LogP contribution in [0.5, 0.6) is 0 Å². The SMILES string of the molecule is O=C(Nc1ccc(F)c(Cl)c1)N1CCCN(c2nc(Cc3ccc(F)cc3)ns2)CC1. The summed E-state index contributed by atoms with van der Waals surface area (Å²) >= 11 is 7.11. The van der Waals surface area contributed by atoms with Crippen molar-refractivity contribution in [2.45, 2.75) is 12.8 Å². The number of rotatable bonds is 4. The molecule has 0 atom stereocenters. The highest BCUT2D eigenvalue weighted by atomic mass is 35.5. The molecule has 1 saturated heterocycles. The second kappa shape index (κ2) is 9.57. The first kappa shape index (κ1) is 21.5. The van der Waals surface area contributed by atoms with Gasteiger partial charge in [0.25, 0.3) is 0 Å². The number of carbonyl (C=O) groups excluding carboxylic acids is 1. The van der Waals surface area contributed by atoms with Crippen LogP contribution in [-0.4, -0.2) is 46.5 Å². The molecule has 2 heterocycles. The van der Waals surface area contributed by atoms with Crippen LogP contribution < -0.4 is 10.2 Å². The van der Waals surface area contributed by atoms with Crippen LogP contribution in [0.2, 0.25) is 5.02 Å². The van der Waals surface area contributed by atoms with Gasteiger partial charge in [-0.15, -0.1) is 0 Å². The highest BCUT2D eigenvalue weighted by molar-refractivity contribution is 7.09. The summed E-state index contributed by atoms with van der Waals surface area (Å²) in [5.41, 5.74) is 1.40. The number of anilines is 2. The summed E-state index contributed by atoms with van der Waals surface area (Å²) in [6.07, 6.45) is 1.32. The van der Waals surface area contributed by atoms with E-state index in [-0.39, 0.29) is 16.9 Å². The molecule has 4 rings (SSSR count). The topological polar surface area (TPSA) is 61.4 Å². The molecule has 0 unspecified atom stereocenters. The van der Waals surface area contributed by atoms with Crippen molar-refractivity contribution in [2.24, 2.45) is 0 Å². The van der Waals surface area contributed by atoms with Gasteiger partial charge in [0, 0.05) is 49.8 Å². The van der Waals surface area contributed by atoms with Crippen molar-refractivity contribution in [1.29, 1.82) is 0 Å². The van der Waals surface area contributed by atoms with Crippen LogP contribution in [0.25, 0.3) is 0 Å². The maximum atomic E-state index is 13.3.